The normalized spacial score (nSPS) is 14.1. The number of quaternary nitrogens is 1. The molecule has 0 saturated carbocycles. The summed E-state index contributed by atoms with van der Waals surface area (Å²) >= 11 is 0. The van der Waals surface area contributed by atoms with Crippen LogP contribution in [-0.4, -0.2) is 51.4 Å². The number of hydrogen-bond donors (Lipinski definition) is 1. The van der Waals surface area contributed by atoms with Crippen LogP contribution >= 0.6 is 0 Å². The van der Waals surface area contributed by atoms with Crippen LogP contribution in [0.4, 0.5) is 0 Å². The molecule has 0 aromatic rings. The zero-order valence-corrected chi connectivity index (χ0v) is 10.9. The zero-order chi connectivity index (χ0) is 12.7. The summed E-state index contributed by atoms with van der Waals surface area (Å²) in [6, 6.07) is 0. The lowest BCUT2D eigenvalue weighted by Gasteiger charge is -2.33. The highest BCUT2D eigenvalue weighted by Gasteiger charge is 2.19. The van der Waals surface area contributed by atoms with Crippen LogP contribution in [0.1, 0.15) is 20.3 Å². The van der Waals surface area contributed by atoms with Crippen molar-refractivity contribution < 1.29 is 21.6 Å². The first-order valence-electron chi connectivity index (χ1n) is 4.70. The summed E-state index contributed by atoms with van der Waals surface area (Å²) in [6.45, 7) is 5.39. The molecule has 0 heterocycles. The van der Waals surface area contributed by atoms with Gasteiger partial charge in [-0.05, 0) is 6.92 Å². The maximum atomic E-state index is 9.22. The summed E-state index contributed by atoms with van der Waals surface area (Å²) < 4.78 is 31.9. The third kappa shape index (κ3) is 10.1. The Morgan fingerprint density at radius 1 is 1.40 bits per heavy atom. The SMILES string of the molecule is CCC(N)[N+](C)(C)CC.COS(=O)(=O)[O-]. The number of nitrogens with zero attached hydrogens (tertiary/aromatic N) is 1. The van der Waals surface area contributed by atoms with E-state index in [1.807, 2.05) is 0 Å². The van der Waals surface area contributed by atoms with Gasteiger partial charge < -0.3 is 9.04 Å². The Bertz CT molecular complexity index is 251. The van der Waals surface area contributed by atoms with E-state index >= 15 is 0 Å². The predicted octanol–water partition coefficient (Wildman–Crippen LogP) is -0.129. The van der Waals surface area contributed by atoms with Gasteiger partial charge in [0, 0.05) is 6.42 Å². The molecule has 15 heavy (non-hydrogen) atoms. The smallest absolute Gasteiger partial charge is 0.217 e. The Morgan fingerprint density at radius 3 is 1.80 bits per heavy atom. The van der Waals surface area contributed by atoms with Gasteiger partial charge in [0.15, 0.2) is 0 Å². The van der Waals surface area contributed by atoms with Crippen molar-refractivity contribution in [1.82, 2.24) is 0 Å². The maximum Gasteiger partial charge on any atom is 0.217 e. The van der Waals surface area contributed by atoms with Crippen LogP contribution < -0.4 is 5.73 Å². The van der Waals surface area contributed by atoms with Gasteiger partial charge in [-0.15, -0.1) is 0 Å². The van der Waals surface area contributed by atoms with Crippen molar-refractivity contribution in [2.45, 2.75) is 26.4 Å². The van der Waals surface area contributed by atoms with Crippen LogP contribution in [-0.2, 0) is 14.6 Å². The molecule has 6 nitrogen and oxygen atoms in total. The molecule has 0 aliphatic heterocycles. The molecule has 0 radical (unpaired) electrons. The van der Waals surface area contributed by atoms with Gasteiger partial charge in [0.1, 0.15) is 6.17 Å². The van der Waals surface area contributed by atoms with Gasteiger partial charge in [-0.25, -0.2) is 8.42 Å². The van der Waals surface area contributed by atoms with Crippen molar-refractivity contribution in [3.63, 3.8) is 0 Å². The number of hydrogen-bond acceptors (Lipinski definition) is 5. The lowest BCUT2D eigenvalue weighted by molar-refractivity contribution is -0.913. The number of nitrogens with two attached hydrogens (primary N) is 1. The Hall–Kier alpha value is -0.210. The topological polar surface area (TPSA) is 92.5 Å². The predicted molar refractivity (Wildman–Crippen MR) is 57.6 cm³/mol. The van der Waals surface area contributed by atoms with Gasteiger partial charge in [-0.3, -0.25) is 9.92 Å². The Balaban J connectivity index is 0. The Labute approximate surface area is 92.6 Å². The van der Waals surface area contributed by atoms with Gasteiger partial charge in [-0.1, -0.05) is 6.92 Å². The molecule has 0 aliphatic carbocycles. The molecule has 0 aromatic carbocycles. The zero-order valence-electron chi connectivity index (χ0n) is 10.1. The second kappa shape index (κ2) is 7.13. The van der Waals surface area contributed by atoms with Crippen molar-refractivity contribution in [3.8, 4) is 0 Å². The average Bonchev–Trinajstić information content (AvgIpc) is 2.16. The van der Waals surface area contributed by atoms with E-state index < -0.39 is 10.4 Å². The van der Waals surface area contributed by atoms with E-state index in [1.54, 1.807) is 0 Å². The largest absolute Gasteiger partial charge is 0.726 e. The fourth-order valence-corrected chi connectivity index (χ4v) is 0.729. The van der Waals surface area contributed by atoms with E-state index in [0.29, 0.717) is 6.17 Å². The molecule has 7 heteroatoms. The van der Waals surface area contributed by atoms with Crippen LogP contribution in [0.15, 0.2) is 0 Å². The van der Waals surface area contributed by atoms with Crippen LogP contribution in [0.2, 0.25) is 0 Å². The molecule has 2 N–H and O–H groups in total. The molecular formula is C8H22N2O4S. The summed E-state index contributed by atoms with van der Waals surface area (Å²) in [4.78, 5) is 0. The third-order valence-corrected chi connectivity index (χ3v) is 2.74. The third-order valence-electron chi connectivity index (χ3n) is 2.34. The molecule has 0 bridgehead atoms. The van der Waals surface area contributed by atoms with Crippen LogP contribution in [0.3, 0.4) is 0 Å². The van der Waals surface area contributed by atoms with E-state index in [4.69, 9.17) is 5.73 Å². The summed E-state index contributed by atoms with van der Waals surface area (Å²) in [5.41, 5.74) is 5.83. The molecule has 0 amide bonds. The van der Waals surface area contributed by atoms with Crippen molar-refractivity contribution in [2.24, 2.45) is 5.73 Å². The van der Waals surface area contributed by atoms with Crippen molar-refractivity contribution in [3.05, 3.63) is 0 Å². The highest BCUT2D eigenvalue weighted by Crippen LogP contribution is 2.02. The fraction of sp³-hybridized carbons (Fsp3) is 1.00. The molecule has 0 aromatic heterocycles. The first-order chi connectivity index (χ1) is 6.60. The van der Waals surface area contributed by atoms with Gasteiger partial charge in [-0.2, -0.15) is 0 Å². The van der Waals surface area contributed by atoms with E-state index in [1.165, 1.54) is 0 Å². The van der Waals surface area contributed by atoms with Crippen LogP contribution in [0, 0.1) is 0 Å². The fourth-order valence-electron chi connectivity index (χ4n) is 0.729. The summed E-state index contributed by atoms with van der Waals surface area (Å²) in [5.74, 6) is 0. The average molecular weight is 242 g/mol. The molecule has 0 aliphatic rings. The van der Waals surface area contributed by atoms with Crippen molar-refractivity contribution in [2.75, 3.05) is 27.7 Å². The minimum absolute atomic E-state index is 0.301. The second-order valence-corrected chi connectivity index (χ2v) is 4.80. The maximum absolute atomic E-state index is 9.22. The van der Waals surface area contributed by atoms with Crippen molar-refractivity contribution in [1.29, 1.82) is 0 Å². The first-order valence-corrected chi connectivity index (χ1v) is 6.03. The van der Waals surface area contributed by atoms with Crippen LogP contribution in [0.5, 0.6) is 0 Å². The Morgan fingerprint density at radius 2 is 1.73 bits per heavy atom. The molecule has 1 atom stereocenters. The number of rotatable bonds is 4. The minimum Gasteiger partial charge on any atom is -0.726 e. The lowest BCUT2D eigenvalue weighted by atomic mass is 10.3. The molecule has 0 spiro atoms. The first kappa shape index (κ1) is 17.2. The second-order valence-electron chi connectivity index (χ2n) is 3.65. The van der Waals surface area contributed by atoms with E-state index in [9.17, 15) is 13.0 Å². The van der Waals surface area contributed by atoms with E-state index in [-0.39, 0.29) is 0 Å². The quantitative estimate of drug-likeness (QED) is 0.321. The molecule has 0 fully saturated rings. The van der Waals surface area contributed by atoms with Gasteiger partial charge >= 0.3 is 0 Å². The van der Waals surface area contributed by atoms with Crippen molar-refractivity contribution >= 4 is 10.4 Å². The van der Waals surface area contributed by atoms with E-state index in [0.717, 1.165) is 24.6 Å². The highest BCUT2D eigenvalue weighted by molar-refractivity contribution is 7.80. The molecule has 94 valence electrons. The summed E-state index contributed by atoms with van der Waals surface area (Å²) in [5, 5.41) is 0. The minimum atomic E-state index is -4.41. The molecule has 0 saturated heterocycles. The molecule has 1 unspecified atom stereocenters. The van der Waals surface area contributed by atoms with E-state index in [2.05, 4.69) is 32.1 Å². The highest BCUT2D eigenvalue weighted by atomic mass is 32.3. The summed E-state index contributed by atoms with van der Waals surface area (Å²) in [6.07, 6.45) is 1.36. The summed E-state index contributed by atoms with van der Waals surface area (Å²) in [7, 11) is 0.718. The van der Waals surface area contributed by atoms with Gasteiger partial charge in [0.05, 0.1) is 27.7 Å². The monoisotopic (exact) mass is 242 g/mol. The van der Waals surface area contributed by atoms with Gasteiger partial charge in [0.25, 0.3) is 0 Å². The molecule has 0 rings (SSSR count). The molecular weight excluding hydrogens is 220 g/mol. The lowest BCUT2D eigenvalue weighted by Crippen LogP contribution is -2.53. The van der Waals surface area contributed by atoms with Gasteiger partial charge in [0.2, 0.25) is 10.4 Å². The standard InChI is InChI=1S/C7H19N2.CH4O4S/c1-5-7(8)9(3,4)6-2;1-5-6(2,3)4/h7H,5-6,8H2,1-4H3;1H3,(H,2,3,4)/q+1;/p-1. The Kier molecular flexibility index (Phi) is 8.17. The van der Waals surface area contributed by atoms with Crippen LogP contribution in [0.25, 0.3) is 0 Å².